The highest BCUT2D eigenvalue weighted by atomic mass is 15.2. The highest BCUT2D eigenvalue weighted by Gasteiger charge is 2.06. The number of aromatic nitrogens is 1. The van der Waals surface area contributed by atoms with Crippen molar-refractivity contribution < 1.29 is 0 Å². The fourth-order valence-corrected chi connectivity index (χ4v) is 1.97. The summed E-state index contributed by atoms with van der Waals surface area (Å²) in [5, 5.41) is 3.30. The van der Waals surface area contributed by atoms with E-state index in [4.69, 9.17) is 0 Å². The second-order valence-corrected chi connectivity index (χ2v) is 4.67. The van der Waals surface area contributed by atoms with Gasteiger partial charge in [-0.2, -0.15) is 0 Å². The summed E-state index contributed by atoms with van der Waals surface area (Å²) in [6.07, 6.45) is 0. The molecule has 0 atom stereocenters. The van der Waals surface area contributed by atoms with Crippen LogP contribution in [0.1, 0.15) is 18.2 Å². The van der Waals surface area contributed by atoms with Gasteiger partial charge in [0.1, 0.15) is 5.82 Å². The lowest BCUT2D eigenvalue weighted by atomic mass is 10.2. The zero-order valence-corrected chi connectivity index (χ0v) is 11.9. The van der Waals surface area contributed by atoms with Crippen LogP contribution < -0.4 is 10.2 Å². The lowest BCUT2D eigenvalue weighted by Crippen LogP contribution is -2.15. The molecule has 0 radical (unpaired) electrons. The Hall–Kier alpha value is -1.87. The molecule has 100 valence electrons. The maximum atomic E-state index is 4.68. The van der Waals surface area contributed by atoms with Crippen molar-refractivity contribution in [3.63, 3.8) is 0 Å². The average molecular weight is 255 g/mol. The molecular weight excluding hydrogens is 234 g/mol. The first-order valence-corrected chi connectivity index (χ1v) is 6.67. The third-order valence-corrected chi connectivity index (χ3v) is 3.08. The lowest BCUT2D eigenvalue weighted by Gasteiger charge is -2.19. The predicted molar refractivity (Wildman–Crippen MR) is 80.9 cm³/mol. The van der Waals surface area contributed by atoms with Crippen LogP contribution in [0, 0.1) is 6.92 Å². The van der Waals surface area contributed by atoms with Crippen molar-refractivity contribution in [3.05, 3.63) is 53.7 Å². The van der Waals surface area contributed by atoms with Gasteiger partial charge in [0.15, 0.2) is 0 Å². The van der Waals surface area contributed by atoms with Gasteiger partial charge >= 0.3 is 0 Å². The maximum absolute atomic E-state index is 4.68. The Bertz CT molecular complexity index is 537. The van der Waals surface area contributed by atoms with Gasteiger partial charge in [0.2, 0.25) is 0 Å². The van der Waals surface area contributed by atoms with Crippen molar-refractivity contribution in [2.45, 2.75) is 20.4 Å². The molecule has 3 nitrogen and oxygen atoms in total. The van der Waals surface area contributed by atoms with E-state index in [2.05, 4.69) is 65.4 Å². The van der Waals surface area contributed by atoms with Crippen LogP contribution in [0.2, 0.25) is 0 Å². The summed E-state index contributed by atoms with van der Waals surface area (Å²) in [6, 6.07) is 14.6. The Morgan fingerprint density at radius 1 is 1.16 bits per heavy atom. The van der Waals surface area contributed by atoms with Crippen molar-refractivity contribution in [1.82, 2.24) is 10.3 Å². The quantitative estimate of drug-likeness (QED) is 0.888. The Labute approximate surface area is 115 Å². The molecule has 1 N–H and O–H groups in total. The molecule has 0 aliphatic heterocycles. The minimum Gasteiger partial charge on any atom is -0.329 e. The van der Waals surface area contributed by atoms with Crippen LogP contribution >= 0.6 is 0 Å². The van der Waals surface area contributed by atoms with E-state index in [-0.39, 0.29) is 0 Å². The van der Waals surface area contributed by atoms with E-state index >= 15 is 0 Å². The summed E-state index contributed by atoms with van der Waals surface area (Å²) in [5.74, 6) is 0.973. The van der Waals surface area contributed by atoms with Gasteiger partial charge in [0.25, 0.3) is 0 Å². The van der Waals surface area contributed by atoms with Crippen LogP contribution in [0.25, 0.3) is 0 Å². The SMILES string of the molecule is CCNCc1cccc(N(C)c2cccc(C)c2)n1. The first-order valence-electron chi connectivity index (χ1n) is 6.67. The standard InChI is InChI=1S/C16H21N3/c1-4-17-12-14-8-6-10-16(18-14)19(3)15-9-5-7-13(2)11-15/h5-11,17H,4,12H2,1-3H3. The molecule has 0 aliphatic rings. The van der Waals surface area contributed by atoms with Crippen LogP contribution in [-0.4, -0.2) is 18.6 Å². The monoisotopic (exact) mass is 255 g/mol. The van der Waals surface area contributed by atoms with Crippen LogP contribution in [0.5, 0.6) is 0 Å². The minimum absolute atomic E-state index is 0.812. The summed E-state index contributed by atoms with van der Waals surface area (Å²) in [7, 11) is 2.05. The number of aryl methyl sites for hydroxylation is 1. The molecule has 1 aromatic carbocycles. The Balaban J connectivity index is 2.21. The second kappa shape index (κ2) is 6.34. The number of pyridine rings is 1. The van der Waals surface area contributed by atoms with Crippen LogP contribution in [0.4, 0.5) is 11.5 Å². The van der Waals surface area contributed by atoms with Gasteiger partial charge in [-0.3, -0.25) is 0 Å². The van der Waals surface area contributed by atoms with Crippen molar-refractivity contribution in [2.75, 3.05) is 18.5 Å². The number of hydrogen-bond donors (Lipinski definition) is 1. The van der Waals surface area contributed by atoms with E-state index in [9.17, 15) is 0 Å². The van der Waals surface area contributed by atoms with Gasteiger partial charge in [-0.15, -0.1) is 0 Å². The van der Waals surface area contributed by atoms with Crippen molar-refractivity contribution in [3.8, 4) is 0 Å². The number of nitrogens with one attached hydrogen (secondary N) is 1. The van der Waals surface area contributed by atoms with Gasteiger partial charge in [-0.05, 0) is 43.3 Å². The summed E-state index contributed by atoms with van der Waals surface area (Å²) in [4.78, 5) is 6.79. The van der Waals surface area contributed by atoms with Gasteiger partial charge < -0.3 is 10.2 Å². The topological polar surface area (TPSA) is 28.2 Å². The highest BCUT2D eigenvalue weighted by Crippen LogP contribution is 2.22. The molecule has 1 aromatic heterocycles. The largest absolute Gasteiger partial charge is 0.329 e. The van der Waals surface area contributed by atoms with Crippen molar-refractivity contribution in [1.29, 1.82) is 0 Å². The van der Waals surface area contributed by atoms with Crippen molar-refractivity contribution >= 4 is 11.5 Å². The number of hydrogen-bond acceptors (Lipinski definition) is 3. The summed E-state index contributed by atoms with van der Waals surface area (Å²) in [6.45, 7) is 5.97. The smallest absolute Gasteiger partial charge is 0.133 e. The van der Waals surface area contributed by atoms with E-state index in [1.807, 2.05) is 13.1 Å². The molecular formula is C16H21N3. The molecule has 0 unspecified atom stereocenters. The van der Waals surface area contributed by atoms with Crippen LogP contribution in [0.3, 0.4) is 0 Å². The first-order chi connectivity index (χ1) is 9.20. The van der Waals surface area contributed by atoms with E-state index in [0.717, 1.165) is 30.3 Å². The Morgan fingerprint density at radius 2 is 1.95 bits per heavy atom. The second-order valence-electron chi connectivity index (χ2n) is 4.67. The van der Waals surface area contributed by atoms with Gasteiger partial charge in [-0.25, -0.2) is 4.98 Å². The highest BCUT2D eigenvalue weighted by molar-refractivity contribution is 5.59. The molecule has 0 saturated carbocycles. The number of benzene rings is 1. The molecule has 0 amide bonds. The predicted octanol–water partition coefficient (Wildman–Crippen LogP) is 3.27. The third-order valence-electron chi connectivity index (χ3n) is 3.08. The Morgan fingerprint density at radius 3 is 2.68 bits per heavy atom. The summed E-state index contributed by atoms with van der Waals surface area (Å²) < 4.78 is 0. The fourth-order valence-electron chi connectivity index (χ4n) is 1.97. The van der Waals surface area contributed by atoms with Crippen LogP contribution in [-0.2, 0) is 6.54 Å². The molecule has 0 saturated heterocycles. The molecule has 19 heavy (non-hydrogen) atoms. The molecule has 0 bridgehead atoms. The maximum Gasteiger partial charge on any atom is 0.133 e. The van der Waals surface area contributed by atoms with E-state index in [1.165, 1.54) is 5.56 Å². The molecule has 2 aromatic rings. The zero-order chi connectivity index (χ0) is 13.7. The van der Waals surface area contributed by atoms with Gasteiger partial charge in [0.05, 0.1) is 5.69 Å². The fraction of sp³-hybridized carbons (Fsp3) is 0.312. The molecule has 0 fully saturated rings. The summed E-state index contributed by atoms with van der Waals surface area (Å²) >= 11 is 0. The normalized spacial score (nSPS) is 10.5. The van der Waals surface area contributed by atoms with E-state index < -0.39 is 0 Å². The van der Waals surface area contributed by atoms with E-state index in [1.54, 1.807) is 0 Å². The Kier molecular flexibility index (Phi) is 4.53. The van der Waals surface area contributed by atoms with E-state index in [0.29, 0.717) is 0 Å². The zero-order valence-electron chi connectivity index (χ0n) is 11.9. The number of rotatable bonds is 5. The van der Waals surface area contributed by atoms with Gasteiger partial charge in [-0.1, -0.05) is 25.1 Å². The third kappa shape index (κ3) is 3.55. The lowest BCUT2D eigenvalue weighted by molar-refractivity contribution is 0.710. The molecule has 0 spiro atoms. The van der Waals surface area contributed by atoms with Gasteiger partial charge in [0, 0.05) is 19.3 Å². The molecule has 1 heterocycles. The number of nitrogens with zero attached hydrogens (tertiary/aromatic N) is 2. The molecule has 3 heteroatoms. The first kappa shape index (κ1) is 13.6. The molecule has 0 aliphatic carbocycles. The number of anilines is 2. The average Bonchev–Trinajstić information content (AvgIpc) is 2.44. The minimum atomic E-state index is 0.812. The molecule has 2 rings (SSSR count). The van der Waals surface area contributed by atoms with Crippen LogP contribution in [0.15, 0.2) is 42.5 Å². The van der Waals surface area contributed by atoms with Crippen molar-refractivity contribution in [2.24, 2.45) is 0 Å². The summed E-state index contributed by atoms with van der Waals surface area (Å²) in [5.41, 5.74) is 3.49.